The van der Waals surface area contributed by atoms with Crippen molar-refractivity contribution in [2.75, 3.05) is 6.54 Å². The van der Waals surface area contributed by atoms with Crippen LogP contribution in [0.2, 0.25) is 0 Å². The molecule has 31 nitrogen and oxygen atoms in total. The Labute approximate surface area is 554 Å². The number of amides is 10. The van der Waals surface area contributed by atoms with Crippen LogP contribution in [0.25, 0.3) is 0 Å². The number of carbonyl (C=O) groups excluding carboxylic acids is 10. The number of aliphatic carboxylic acids is 4. The number of unbranched alkanes of at least 4 members (excludes halogenated alkanes) is 12. The Bertz CT molecular complexity index is 2760. The molecule has 1 aromatic rings. The van der Waals surface area contributed by atoms with E-state index in [0.29, 0.717) is 6.42 Å². The van der Waals surface area contributed by atoms with Crippen molar-refractivity contribution < 1.29 is 92.5 Å². The average molecular weight is 1350 g/mol. The first-order chi connectivity index (χ1) is 44.6. The fourth-order valence-electron chi connectivity index (χ4n) is 9.81. The number of carboxylic acids is 4. The lowest BCUT2D eigenvalue weighted by atomic mass is 9.98. The monoisotopic (exact) mass is 1350 g/mol. The molecule has 0 saturated heterocycles. The van der Waals surface area contributed by atoms with E-state index in [-0.39, 0.29) is 24.2 Å². The summed E-state index contributed by atoms with van der Waals surface area (Å²) in [7, 11) is 0. The number of nitro groups is 1. The van der Waals surface area contributed by atoms with Crippen LogP contribution >= 0.6 is 0 Å². The molecule has 0 aliphatic rings. The Balaban J connectivity index is 3.09. The average Bonchev–Trinajstić information content (AvgIpc) is 2.06. The standard InChI is InChI=1S/C64H103N11O20/c1-11-12-13-14-15-16-17-18-19-20-21-22-23-28-49(77)74(35-43-26-24-25-27-47(43)75(94)95)36-48(76)71-53(37(2)3)62(90)73-55(39(6)7)63(91)72-54(38(4)5)61(89)67-41(9)57(85)65-40(8)56(84)66-42(10)58(86)68-44(29-32-50(78)79)59(87)69-45(30-33-51(80)81)60(88)70-46(64(92)93)31-34-52(82)83/h24-27,37-42,44-46,53-55H,11-23,28-36H2,1-10H3,(H,65,85)(H,66,84)(H,67,89)(H,68,86)(H,69,87)(H,70,88)(H,71,76)(H,72,91)(H,73,90)(H,78,79)(H,80,81)(H,82,83)(H,92,93)/t40-,41-,42-,44-,45-,46-,53-,54-,55-/m0/s1. The van der Waals surface area contributed by atoms with Crippen molar-refractivity contribution in [1.29, 1.82) is 0 Å². The zero-order valence-corrected chi connectivity index (χ0v) is 56.5. The van der Waals surface area contributed by atoms with Gasteiger partial charge in [-0.2, -0.15) is 0 Å². The zero-order chi connectivity index (χ0) is 72.1. The van der Waals surface area contributed by atoms with E-state index in [4.69, 9.17) is 5.11 Å². The molecule has 0 radical (unpaired) electrons. The summed E-state index contributed by atoms with van der Waals surface area (Å²) in [5.74, 6) is -16.6. The van der Waals surface area contributed by atoms with Crippen molar-refractivity contribution in [1.82, 2.24) is 52.8 Å². The van der Waals surface area contributed by atoms with E-state index >= 15 is 0 Å². The number of hydrogen-bond acceptors (Lipinski definition) is 16. The lowest BCUT2D eigenvalue weighted by Crippen LogP contribution is -2.61. The lowest BCUT2D eigenvalue weighted by molar-refractivity contribution is -0.385. The molecule has 31 heteroatoms. The highest BCUT2D eigenvalue weighted by atomic mass is 16.6. The normalized spacial score (nSPS) is 14.0. The maximum absolute atomic E-state index is 14.1. The van der Waals surface area contributed by atoms with Gasteiger partial charge in [-0.25, -0.2) is 4.79 Å². The van der Waals surface area contributed by atoms with E-state index in [1.54, 1.807) is 47.6 Å². The number of nitrogens with zero attached hydrogens (tertiary/aromatic N) is 2. The Morgan fingerprint density at radius 3 is 1.15 bits per heavy atom. The molecule has 0 heterocycles. The Hall–Kier alpha value is -8.80. The topological polar surface area (TPSA) is 475 Å². The predicted molar refractivity (Wildman–Crippen MR) is 346 cm³/mol. The van der Waals surface area contributed by atoms with Gasteiger partial charge in [0.2, 0.25) is 59.1 Å². The minimum Gasteiger partial charge on any atom is -0.481 e. The molecule has 534 valence electrons. The van der Waals surface area contributed by atoms with Crippen LogP contribution in [-0.2, 0) is 73.7 Å². The number of nitro benzene ring substituents is 1. The first-order valence-corrected chi connectivity index (χ1v) is 32.7. The molecule has 0 unspecified atom stereocenters. The molecule has 0 bridgehead atoms. The second-order valence-corrected chi connectivity index (χ2v) is 24.9. The summed E-state index contributed by atoms with van der Waals surface area (Å²) < 4.78 is 0. The quantitative estimate of drug-likeness (QED) is 0.0252. The summed E-state index contributed by atoms with van der Waals surface area (Å²) in [6, 6.07) is -7.54. The molecule has 9 atom stereocenters. The molecular weight excluding hydrogens is 1240 g/mol. The number of benzene rings is 1. The molecule has 95 heavy (non-hydrogen) atoms. The second kappa shape index (κ2) is 44.7. The Morgan fingerprint density at radius 1 is 0.421 bits per heavy atom. The lowest BCUT2D eigenvalue weighted by Gasteiger charge is -2.30. The van der Waals surface area contributed by atoms with Crippen LogP contribution < -0.4 is 47.9 Å². The largest absolute Gasteiger partial charge is 0.481 e. The highest BCUT2D eigenvalue weighted by molar-refractivity contribution is 5.98. The molecule has 0 saturated carbocycles. The maximum atomic E-state index is 14.1. The molecule has 1 rings (SSSR count). The highest BCUT2D eigenvalue weighted by Crippen LogP contribution is 2.21. The SMILES string of the molecule is CCCCCCCCCCCCCCCC(=O)N(CC(=O)N[C@H](C(=O)N[C@H](C(=O)N[C@H](C(=O)N[C@@H](C)C(=O)N[C@@H](C)C(=O)N[C@@H](C)C(=O)N[C@@H](CCC(=O)O)C(=O)N[C@@H](CCC(=O)O)C(=O)N[C@@H](CCC(=O)O)C(=O)O)C(C)C)C(C)C)C(C)C)Cc1ccccc1[N+](=O)[O-]. The van der Waals surface area contributed by atoms with Crippen LogP contribution in [0, 0.1) is 27.9 Å². The van der Waals surface area contributed by atoms with Gasteiger partial charge in [0.15, 0.2) is 0 Å². The highest BCUT2D eigenvalue weighted by Gasteiger charge is 2.36. The summed E-state index contributed by atoms with van der Waals surface area (Å²) in [6.07, 6.45) is 10.4. The number of nitrogens with one attached hydrogen (secondary N) is 9. The number of carbonyl (C=O) groups is 14. The van der Waals surface area contributed by atoms with Gasteiger partial charge >= 0.3 is 23.9 Å². The van der Waals surface area contributed by atoms with Crippen molar-refractivity contribution >= 4 is 88.6 Å². The predicted octanol–water partition coefficient (Wildman–Crippen LogP) is 3.47. The summed E-state index contributed by atoms with van der Waals surface area (Å²) >= 11 is 0. The number of para-hydroxylation sites is 1. The second-order valence-electron chi connectivity index (χ2n) is 24.9. The minimum atomic E-state index is -1.78. The van der Waals surface area contributed by atoms with Gasteiger partial charge in [-0.05, 0) is 64.2 Å². The van der Waals surface area contributed by atoms with Crippen molar-refractivity contribution in [3.8, 4) is 0 Å². The van der Waals surface area contributed by atoms with E-state index in [0.717, 1.165) is 39.0 Å². The van der Waals surface area contributed by atoms with Gasteiger partial charge in [-0.1, -0.05) is 144 Å². The fourth-order valence-corrected chi connectivity index (χ4v) is 9.81. The summed E-state index contributed by atoms with van der Waals surface area (Å²) in [5.41, 5.74) is -0.0259. The van der Waals surface area contributed by atoms with Crippen molar-refractivity contribution in [2.45, 2.75) is 259 Å². The van der Waals surface area contributed by atoms with Crippen molar-refractivity contribution in [3.05, 3.63) is 39.9 Å². The Kier molecular flexibility index (Phi) is 39.7. The molecule has 1 aromatic carbocycles. The first kappa shape index (κ1) is 84.2. The fraction of sp³-hybridized carbons (Fsp3) is 0.688. The van der Waals surface area contributed by atoms with Crippen molar-refractivity contribution in [2.24, 2.45) is 17.8 Å². The van der Waals surface area contributed by atoms with E-state index in [9.17, 15) is 92.6 Å². The zero-order valence-electron chi connectivity index (χ0n) is 56.5. The van der Waals surface area contributed by atoms with E-state index < -0.39 is 205 Å². The first-order valence-electron chi connectivity index (χ1n) is 32.7. The molecule has 0 aromatic heterocycles. The third kappa shape index (κ3) is 33.7. The summed E-state index contributed by atoms with van der Waals surface area (Å²) in [5, 5.41) is 70.7. The molecule has 0 fully saturated rings. The number of rotatable bonds is 49. The van der Waals surface area contributed by atoms with Crippen LogP contribution in [0.3, 0.4) is 0 Å². The molecule has 10 amide bonds. The number of hydrogen-bond donors (Lipinski definition) is 13. The molecular formula is C64H103N11O20. The van der Waals surface area contributed by atoms with Gasteiger partial charge in [-0.3, -0.25) is 72.4 Å². The van der Waals surface area contributed by atoms with Gasteiger partial charge < -0.3 is 73.2 Å². The van der Waals surface area contributed by atoms with Gasteiger partial charge in [0, 0.05) is 37.3 Å². The third-order valence-corrected chi connectivity index (χ3v) is 15.6. The molecule has 0 aliphatic heterocycles. The van der Waals surface area contributed by atoms with Gasteiger partial charge in [-0.15, -0.1) is 0 Å². The third-order valence-electron chi connectivity index (χ3n) is 15.6. The van der Waals surface area contributed by atoms with Crippen molar-refractivity contribution in [3.63, 3.8) is 0 Å². The summed E-state index contributed by atoms with van der Waals surface area (Å²) in [4.78, 5) is 195. The molecule has 0 spiro atoms. The van der Waals surface area contributed by atoms with Crippen LogP contribution in [-0.4, -0.2) is 174 Å². The molecule has 0 aliphatic carbocycles. The Morgan fingerprint density at radius 2 is 0.758 bits per heavy atom. The van der Waals surface area contributed by atoms with Gasteiger partial charge in [0.05, 0.1) is 18.0 Å². The number of carboxylic acid groups (broad SMARTS) is 4. The van der Waals surface area contributed by atoms with Crippen LogP contribution in [0.1, 0.15) is 203 Å². The minimum absolute atomic E-state index is 0.0893. The maximum Gasteiger partial charge on any atom is 0.326 e. The van der Waals surface area contributed by atoms with E-state index in [1.807, 2.05) is 5.32 Å². The van der Waals surface area contributed by atoms with Crippen LogP contribution in [0.15, 0.2) is 24.3 Å². The van der Waals surface area contributed by atoms with Gasteiger partial charge in [0.25, 0.3) is 5.69 Å². The van der Waals surface area contributed by atoms with Crippen LogP contribution in [0.5, 0.6) is 0 Å². The van der Waals surface area contributed by atoms with E-state index in [1.165, 1.54) is 81.9 Å². The van der Waals surface area contributed by atoms with E-state index in [2.05, 4.69) is 49.5 Å². The molecule has 13 N–H and O–H groups in total. The summed E-state index contributed by atoms with van der Waals surface area (Å²) in [6.45, 7) is 14.8. The van der Waals surface area contributed by atoms with Crippen LogP contribution in [0.4, 0.5) is 5.69 Å². The smallest absolute Gasteiger partial charge is 0.326 e. The van der Waals surface area contributed by atoms with Gasteiger partial charge in [0.1, 0.15) is 54.4 Å².